The smallest absolute Gasteiger partial charge is 0.258 e. The van der Waals surface area contributed by atoms with E-state index in [1.165, 1.54) is 35.9 Å². The number of unbranched alkanes of at least 4 members (excludes halogenated alkanes) is 3. The zero-order valence-electron chi connectivity index (χ0n) is 17.7. The first-order valence-electron chi connectivity index (χ1n) is 11.2. The molecule has 1 aromatic carbocycles. The summed E-state index contributed by atoms with van der Waals surface area (Å²) in [5.74, 6) is -1.16. The molecule has 0 saturated heterocycles. The Morgan fingerprint density at radius 1 is 0.967 bits per heavy atom. The predicted octanol–water partition coefficient (Wildman–Crippen LogP) is 7.81. The lowest BCUT2D eigenvalue weighted by molar-refractivity contribution is -0.140. The summed E-state index contributed by atoms with van der Waals surface area (Å²) in [5.41, 5.74) is 3.29. The number of rotatable bonds is 9. The molecule has 0 spiro atoms. The van der Waals surface area contributed by atoms with E-state index in [1.54, 1.807) is 0 Å². The molecule has 0 unspecified atom stereocenters. The third kappa shape index (κ3) is 6.05. The average Bonchev–Trinajstić information content (AvgIpc) is 2.73. The summed E-state index contributed by atoms with van der Waals surface area (Å²) in [4.78, 5) is 4.82. The van der Waals surface area contributed by atoms with Crippen LogP contribution in [-0.4, -0.2) is 4.98 Å². The van der Waals surface area contributed by atoms with Crippen molar-refractivity contribution < 1.29 is 17.6 Å². The molecule has 0 fully saturated rings. The van der Waals surface area contributed by atoms with Gasteiger partial charge in [0.05, 0.1) is 5.56 Å². The molecule has 0 saturated carbocycles. The zero-order valence-corrected chi connectivity index (χ0v) is 17.7. The lowest BCUT2D eigenvalue weighted by Crippen LogP contribution is -2.10. The largest absolute Gasteiger partial charge is 0.419 e. The molecule has 1 nitrogen and oxygen atoms in total. The monoisotopic (exact) mass is 421 g/mol. The van der Waals surface area contributed by atoms with E-state index < -0.39 is 17.6 Å². The second kappa shape index (κ2) is 10.4. The van der Waals surface area contributed by atoms with E-state index in [0.717, 1.165) is 69.9 Å². The molecule has 0 aliphatic heterocycles. The highest BCUT2D eigenvalue weighted by Crippen LogP contribution is 2.35. The van der Waals surface area contributed by atoms with Crippen molar-refractivity contribution in [3.63, 3.8) is 0 Å². The number of pyridine rings is 1. The van der Waals surface area contributed by atoms with Crippen LogP contribution in [0.15, 0.2) is 30.3 Å². The van der Waals surface area contributed by atoms with E-state index in [-0.39, 0.29) is 5.92 Å². The van der Waals surface area contributed by atoms with Gasteiger partial charge in [-0.15, -0.1) is 0 Å². The van der Waals surface area contributed by atoms with E-state index in [9.17, 15) is 17.6 Å². The van der Waals surface area contributed by atoms with E-state index in [2.05, 4.69) is 12.1 Å². The van der Waals surface area contributed by atoms with Crippen LogP contribution in [0.3, 0.4) is 0 Å². The summed E-state index contributed by atoms with van der Waals surface area (Å²) < 4.78 is 52.5. The lowest BCUT2D eigenvalue weighted by Gasteiger charge is -2.18. The normalized spacial score (nSPS) is 15.1. The zero-order chi connectivity index (χ0) is 21.6. The fourth-order valence-corrected chi connectivity index (χ4v) is 4.44. The Morgan fingerprint density at radius 2 is 1.73 bits per heavy atom. The number of hydrogen-bond donors (Lipinski definition) is 0. The number of aromatic nitrogens is 1. The molecular formula is C25H31F4N. The Balaban J connectivity index is 1.43. The van der Waals surface area contributed by atoms with Crippen LogP contribution in [0.2, 0.25) is 0 Å². The van der Waals surface area contributed by atoms with Crippen molar-refractivity contribution in [3.8, 4) is 0 Å². The molecule has 1 aromatic heterocycles. The summed E-state index contributed by atoms with van der Waals surface area (Å²) in [7, 11) is 0. The lowest BCUT2D eigenvalue weighted by atomic mass is 9.89. The van der Waals surface area contributed by atoms with Gasteiger partial charge in [0.2, 0.25) is 0 Å². The Labute approximate surface area is 176 Å². The summed E-state index contributed by atoms with van der Waals surface area (Å²) in [5, 5.41) is 0. The highest BCUT2D eigenvalue weighted by atomic mass is 19.4. The number of nitrogens with zero attached hydrogens (tertiary/aromatic N) is 1. The van der Waals surface area contributed by atoms with Crippen LogP contribution in [0.1, 0.15) is 92.3 Å². The minimum Gasteiger partial charge on any atom is -0.258 e. The highest BCUT2D eigenvalue weighted by molar-refractivity contribution is 5.30. The number of aryl methyl sites for hydroxylation is 3. The molecule has 0 N–H and O–H groups in total. The number of hydrogen-bond acceptors (Lipinski definition) is 1. The summed E-state index contributed by atoms with van der Waals surface area (Å²) in [6.45, 7) is 1.98. The number of benzene rings is 1. The van der Waals surface area contributed by atoms with E-state index >= 15 is 0 Å². The number of fused-ring (bicyclic) bond motifs is 1. The molecule has 1 heterocycles. The molecule has 5 heteroatoms. The van der Waals surface area contributed by atoms with Gasteiger partial charge in [0.25, 0.3) is 0 Å². The van der Waals surface area contributed by atoms with Crippen LogP contribution in [0.25, 0.3) is 0 Å². The predicted molar refractivity (Wildman–Crippen MR) is 112 cm³/mol. The first kappa shape index (κ1) is 22.8. The summed E-state index contributed by atoms with van der Waals surface area (Å²) in [6.07, 6.45) is 6.86. The minimum atomic E-state index is -4.65. The second-order valence-electron chi connectivity index (χ2n) is 8.41. The molecule has 1 atom stereocenters. The topological polar surface area (TPSA) is 12.9 Å². The van der Waals surface area contributed by atoms with E-state index in [1.807, 2.05) is 6.92 Å². The second-order valence-corrected chi connectivity index (χ2v) is 8.41. The van der Waals surface area contributed by atoms with E-state index in [0.29, 0.717) is 5.56 Å². The molecule has 164 valence electrons. The molecule has 3 rings (SSSR count). The maximum absolute atomic E-state index is 13.5. The standard InChI is InChI=1S/C25H31F4N/c1-2-18(20-14-16-23(26)22(17-20)25(27,28)29)9-5-3-4-6-11-21-15-13-19-10-7-8-12-24(19)30-21/h13-18H,2-12H2,1H3/t18-/m1/s1. The van der Waals surface area contributed by atoms with Gasteiger partial charge in [-0.2, -0.15) is 13.2 Å². The maximum Gasteiger partial charge on any atom is 0.419 e. The Morgan fingerprint density at radius 3 is 2.50 bits per heavy atom. The van der Waals surface area contributed by atoms with Crippen molar-refractivity contribution in [2.45, 2.75) is 89.6 Å². The van der Waals surface area contributed by atoms with Crippen LogP contribution in [-0.2, 0) is 25.4 Å². The fourth-order valence-electron chi connectivity index (χ4n) is 4.44. The van der Waals surface area contributed by atoms with Crippen LogP contribution in [0.5, 0.6) is 0 Å². The van der Waals surface area contributed by atoms with Crippen molar-refractivity contribution in [1.29, 1.82) is 0 Å². The van der Waals surface area contributed by atoms with Crippen molar-refractivity contribution in [3.05, 3.63) is 64.2 Å². The van der Waals surface area contributed by atoms with Gasteiger partial charge in [0.15, 0.2) is 0 Å². The van der Waals surface area contributed by atoms with Gasteiger partial charge in [0, 0.05) is 11.4 Å². The highest BCUT2D eigenvalue weighted by Gasteiger charge is 2.34. The summed E-state index contributed by atoms with van der Waals surface area (Å²) >= 11 is 0. The third-order valence-corrected chi connectivity index (χ3v) is 6.23. The number of alkyl halides is 3. The molecule has 0 bridgehead atoms. The molecule has 1 aliphatic carbocycles. The minimum absolute atomic E-state index is 0.0361. The van der Waals surface area contributed by atoms with Gasteiger partial charge in [-0.25, -0.2) is 4.39 Å². The SMILES string of the molecule is CC[C@H](CCCCCCc1ccc2c(n1)CCCC2)c1ccc(F)c(C(F)(F)F)c1. The molecule has 0 radical (unpaired) electrons. The summed E-state index contributed by atoms with van der Waals surface area (Å²) in [6, 6.07) is 7.84. The van der Waals surface area contributed by atoms with Crippen molar-refractivity contribution >= 4 is 0 Å². The maximum atomic E-state index is 13.5. The Hall–Kier alpha value is -1.91. The van der Waals surface area contributed by atoms with Gasteiger partial charge < -0.3 is 0 Å². The van der Waals surface area contributed by atoms with Crippen LogP contribution in [0.4, 0.5) is 17.6 Å². The molecule has 30 heavy (non-hydrogen) atoms. The van der Waals surface area contributed by atoms with Gasteiger partial charge in [-0.05, 0) is 86.6 Å². The Bertz CT molecular complexity index is 828. The van der Waals surface area contributed by atoms with E-state index in [4.69, 9.17) is 4.98 Å². The van der Waals surface area contributed by atoms with Gasteiger partial charge in [-0.3, -0.25) is 4.98 Å². The van der Waals surface area contributed by atoms with Crippen LogP contribution < -0.4 is 0 Å². The molecule has 2 aromatic rings. The quantitative estimate of drug-likeness (QED) is 0.297. The van der Waals surface area contributed by atoms with Crippen LogP contribution in [0, 0.1) is 5.82 Å². The van der Waals surface area contributed by atoms with Crippen molar-refractivity contribution in [2.24, 2.45) is 0 Å². The first-order chi connectivity index (χ1) is 14.4. The molecule has 0 amide bonds. The average molecular weight is 422 g/mol. The first-order valence-corrected chi connectivity index (χ1v) is 11.2. The van der Waals surface area contributed by atoms with Crippen molar-refractivity contribution in [2.75, 3.05) is 0 Å². The van der Waals surface area contributed by atoms with Gasteiger partial charge in [0.1, 0.15) is 5.82 Å². The van der Waals surface area contributed by atoms with Gasteiger partial charge in [-0.1, -0.05) is 38.3 Å². The fraction of sp³-hybridized carbons (Fsp3) is 0.560. The number of halogens is 4. The molecular weight excluding hydrogens is 390 g/mol. The third-order valence-electron chi connectivity index (χ3n) is 6.23. The molecule has 1 aliphatic rings. The van der Waals surface area contributed by atoms with Gasteiger partial charge >= 0.3 is 6.18 Å². The van der Waals surface area contributed by atoms with Crippen LogP contribution >= 0.6 is 0 Å². The van der Waals surface area contributed by atoms with Crippen molar-refractivity contribution in [1.82, 2.24) is 4.98 Å². The Kier molecular flexibility index (Phi) is 7.90.